The number of benzene rings is 2. The minimum atomic E-state index is -0.736. The number of hydrogen-bond donors (Lipinski definition) is 1. The SMILES string of the molecule is CC[C@H](C)NC(=O)c1nn(-c2cccc(Cl)c2)c(=O)n(Cc2cccc(C)c2)c1=O. The smallest absolute Gasteiger partial charge is 0.348 e. The van der Waals surface area contributed by atoms with Crippen molar-refractivity contribution in [2.75, 3.05) is 0 Å². The predicted molar refractivity (Wildman–Crippen MR) is 117 cm³/mol. The van der Waals surface area contributed by atoms with Crippen LogP contribution in [0.4, 0.5) is 0 Å². The van der Waals surface area contributed by atoms with E-state index in [4.69, 9.17) is 11.6 Å². The van der Waals surface area contributed by atoms with Crippen molar-refractivity contribution in [3.63, 3.8) is 0 Å². The Balaban J connectivity index is 2.20. The van der Waals surface area contributed by atoms with Crippen molar-refractivity contribution in [1.82, 2.24) is 19.7 Å². The zero-order valence-electron chi connectivity index (χ0n) is 17.1. The summed E-state index contributed by atoms with van der Waals surface area (Å²) in [5.74, 6) is -0.622. The van der Waals surface area contributed by atoms with E-state index in [1.807, 2.05) is 45.0 Å². The second kappa shape index (κ2) is 9.09. The van der Waals surface area contributed by atoms with E-state index in [0.717, 1.165) is 20.4 Å². The molecular formula is C22H23ClN4O3. The summed E-state index contributed by atoms with van der Waals surface area (Å²) in [5, 5.41) is 7.24. The van der Waals surface area contributed by atoms with Gasteiger partial charge in [-0.1, -0.05) is 54.4 Å². The fourth-order valence-corrected chi connectivity index (χ4v) is 3.14. The summed E-state index contributed by atoms with van der Waals surface area (Å²) in [6.45, 7) is 5.69. The zero-order chi connectivity index (χ0) is 21.8. The van der Waals surface area contributed by atoms with E-state index >= 15 is 0 Å². The molecule has 1 aromatic heterocycles. The summed E-state index contributed by atoms with van der Waals surface area (Å²) >= 11 is 6.06. The quantitative estimate of drug-likeness (QED) is 0.656. The normalized spacial score (nSPS) is 11.9. The van der Waals surface area contributed by atoms with Gasteiger partial charge < -0.3 is 5.32 Å². The lowest BCUT2D eigenvalue weighted by Crippen LogP contribution is -2.47. The summed E-state index contributed by atoms with van der Waals surface area (Å²) in [5.41, 5.74) is 0.404. The molecule has 0 aliphatic rings. The lowest BCUT2D eigenvalue weighted by Gasteiger charge is -2.14. The van der Waals surface area contributed by atoms with E-state index < -0.39 is 17.2 Å². The van der Waals surface area contributed by atoms with Gasteiger partial charge in [0.2, 0.25) is 5.69 Å². The van der Waals surface area contributed by atoms with Crippen LogP contribution in [0.1, 0.15) is 41.9 Å². The minimum Gasteiger partial charge on any atom is -0.348 e. The van der Waals surface area contributed by atoms with Crippen molar-refractivity contribution < 1.29 is 4.79 Å². The van der Waals surface area contributed by atoms with Crippen molar-refractivity contribution in [3.8, 4) is 5.69 Å². The highest BCUT2D eigenvalue weighted by Crippen LogP contribution is 2.12. The maximum atomic E-state index is 13.1. The molecule has 0 saturated carbocycles. The number of halogens is 1. The molecule has 1 amide bonds. The van der Waals surface area contributed by atoms with E-state index in [1.54, 1.807) is 24.3 Å². The van der Waals surface area contributed by atoms with E-state index in [0.29, 0.717) is 17.1 Å². The highest BCUT2D eigenvalue weighted by Gasteiger charge is 2.21. The Labute approximate surface area is 178 Å². The second-order valence-electron chi connectivity index (χ2n) is 7.19. The number of aromatic nitrogens is 3. The van der Waals surface area contributed by atoms with Crippen molar-refractivity contribution >= 4 is 17.5 Å². The maximum absolute atomic E-state index is 13.1. The first-order valence-electron chi connectivity index (χ1n) is 9.66. The molecule has 0 aliphatic heterocycles. The summed E-state index contributed by atoms with van der Waals surface area (Å²) in [6.07, 6.45) is 0.692. The molecule has 0 unspecified atom stereocenters. The number of nitrogens with zero attached hydrogens (tertiary/aromatic N) is 3. The fourth-order valence-electron chi connectivity index (χ4n) is 2.96. The van der Waals surface area contributed by atoms with Crippen LogP contribution in [0, 0.1) is 6.92 Å². The van der Waals surface area contributed by atoms with Crippen LogP contribution in [-0.4, -0.2) is 26.3 Å². The molecule has 156 valence electrons. The van der Waals surface area contributed by atoms with Crippen LogP contribution < -0.4 is 16.6 Å². The van der Waals surface area contributed by atoms with Gasteiger partial charge in [0.15, 0.2) is 0 Å². The van der Waals surface area contributed by atoms with Gasteiger partial charge in [-0.05, 0) is 44.0 Å². The standard InChI is InChI=1S/C22H23ClN4O3/c1-4-15(3)24-20(28)19-21(29)26(13-16-8-5-7-14(2)11-16)22(30)27(25-19)18-10-6-9-17(23)12-18/h5-12,15H,4,13H2,1-3H3,(H,24,28)/t15-/m0/s1. The molecule has 0 bridgehead atoms. The van der Waals surface area contributed by atoms with Crippen LogP contribution in [0.3, 0.4) is 0 Å². The molecule has 0 saturated heterocycles. The van der Waals surface area contributed by atoms with Gasteiger partial charge in [0, 0.05) is 11.1 Å². The van der Waals surface area contributed by atoms with E-state index in [-0.39, 0.29) is 18.3 Å². The number of amides is 1. The Bertz CT molecular complexity index is 1200. The first kappa shape index (κ1) is 21.5. The molecule has 1 heterocycles. The summed E-state index contributed by atoms with van der Waals surface area (Å²) in [7, 11) is 0. The van der Waals surface area contributed by atoms with Gasteiger partial charge in [0.1, 0.15) is 0 Å². The first-order chi connectivity index (χ1) is 14.3. The Morgan fingerprint density at radius 1 is 1.17 bits per heavy atom. The minimum absolute atomic E-state index is 0.0199. The van der Waals surface area contributed by atoms with E-state index in [9.17, 15) is 14.4 Å². The summed E-state index contributed by atoms with van der Waals surface area (Å²) < 4.78 is 2.06. The van der Waals surface area contributed by atoms with Crippen LogP contribution in [-0.2, 0) is 6.54 Å². The molecule has 0 fully saturated rings. The second-order valence-corrected chi connectivity index (χ2v) is 7.62. The predicted octanol–water partition coefficient (Wildman–Crippen LogP) is 2.93. The topological polar surface area (TPSA) is 86.0 Å². The number of hydrogen-bond acceptors (Lipinski definition) is 4. The van der Waals surface area contributed by atoms with Gasteiger partial charge in [-0.3, -0.25) is 14.2 Å². The largest absolute Gasteiger partial charge is 0.352 e. The van der Waals surface area contributed by atoms with Crippen LogP contribution in [0.2, 0.25) is 5.02 Å². The molecular weight excluding hydrogens is 404 g/mol. The Morgan fingerprint density at radius 3 is 2.57 bits per heavy atom. The van der Waals surface area contributed by atoms with Crippen molar-refractivity contribution in [2.45, 2.75) is 39.8 Å². The number of aryl methyl sites for hydroxylation is 1. The Kier molecular flexibility index (Phi) is 6.52. The van der Waals surface area contributed by atoms with Crippen LogP contribution in [0.25, 0.3) is 5.69 Å². The number of nitrogens with one attached hydrogen (secondary N) is 1. The van der Waals surface area contributed by atoms with Crippen LogP contribution in [0.15, 0.2) is 58.1 Å². The summed E-state index contributed by atoms with van der Waals surface area (Å²) in [4.78, 5) is 38.9. The molecule has 8 heteroatoms. The third-order valence-corrected chi connectivity index (χ3v) is 4.98. The van der Waals surface area contributed by atoms with Crippen molar-refractivity contribution in [3.05, 3.63) is 91.2 Å². The van der Waals surface area contributed by atoms with Gasteiger partial charge in [-0.25, -0.2) is 4.79 Å². The highest BCUT2D eigenvalue weighted by atomic mass is 35.5. The molecule has 1 atom stereocenters. The van der Waals surface area contributed by atoms with Gasteiger partial charge >= 0.3 is 5.69 Å². The Hall–Kier alpha value is -3.19. The Morgan fingerprint density at radius 2 is 1.90 bits per heavy atom. The average molecular weight is 427 g/mol. The average Bonchev–Trinajstić information content (AvgIpc) is 2.71. The third-order valence-electron chi connectivity index (χ3n) is 4.74. The van der Waals surface area contributed by atoms with E-state index in [2.05, 4.69) is 10.4 Å². The lowest BCUT2D eigenvalue weighted by molar-refractivity contribution is 0.0929. The first-order valence-corrected chi connectivity index (χ1v) is 10.0. The molecule has 3 aromatic rings. The summed E-state index contributed by atoms with van der Waals surface area (Å²) in [6, 6.07) is 13.9. The van der Waals surface area contributed by atoms with Crippen molar-refractivity contribution in [1.29, 1.82) is 0 Å². The molecule has 7 nitrogen and oxygen atoms in total. The molecule has 3 rings (SSSR count). The van der Waals surface area contributed by atoms with Gasteiger partial charge in [-0.2, -0.15) is 9.78 Å². The lowest BCUT2D eigenvalue weighted by atomic mass is 10.1. The van der Waals surface area contributed by atoms with Gasteiger partial charge in [-0.15, -0.1) is 0 Å². The molecule has 1 N–H and O–H groups in total. The number of carbonyl (C=O) groups excluding carboxylic acids is 1. The maximum Gasteiger partial charge on any atom is 0.352 e. The molecule has 0 radical (unpaired) electrons. The fraction of sp³-hybridized carbons (Fsp3) is 0.273. The van der Waals surface area contributed by atoms with Gasteiger partial charge in [0.25, 0.3) is 11.5 Å². The van der Waals surface area contributed by atoms with Crippen molar-refractivity contribution in [2.24, 2.45) is 0 Å². The van der Waals surface area contributed by atoms with Gasteiger partial charge in [0.05, 0.1) is 12.2 Å². The molecule has 2 aromatic carbocycles. The van der Waals surface area contributed by atoms with Crippen LogP contribution in [0.5, 0.6) is 0 Å². The van der Waals surface area contributed by atoms with Crippen LogP contribution >= 0.6 is 11.6 Å². The third kappa shape index (κ3) is 4.68. The van der Waals surface area contributed by atoms with E-state index in [1.165, 1.54) is 0 Å². The highest BCUT2D eigenvalue weighted by molar-refractivity contribution is 6.30. The molecule has 0 aliphatic carbocycles. The number of rotatable bonds is 6. The zero-order valence-corrected chi connectivity index (χ0v) is 17.8. The molecule has 0 spiro atoms. The monoisotopic (exact) mass is 426 g/mol. The molecule has 30 heavy (non-hydrogen) atoms. The number of carbonyl (C=O) groups is 1.